The number of benzene rings is 3. The molecule has 0 fully saturated rings. The number of hydrogen-bond acceptors (Lipinski definition) is 8. The summed E-state index contributed by atoms with van der Waals surface area (Å²) in [7, 11) is -1.06. The van der Waals surface area contributed by atoms with E-state index in [9.17, 15) is 18.0 Å². The van der Waals surface area contributed by atoms with Crippen LogP contribution in [0, 0.1) is 0 Å². The van der Waals surface area contributed by atoms with E-state index >= 15 is 0 Å². The van der Waals surface area contributed by atoms with Crippen LogP contribution >= 0.6 is 0 Å². The second-order valence-corrected chi connectivity index (χ2v) is 9.54. The molecule has 0 aliphatic carbocycles. The van der Waals surface area contributed by atoms with Gasteiger partial charge in [0.2, 0.25) is 10.0 Å². The van der Waals surface area contributed by atoms with Crippen molar-refractivity contribution in [2.45, 2.75) is 17.9 Å². The van der Waals surface area contributed by atoms with Crippen molar-refractivity contribution in [3.8, 4) is 11.5 Å². The largest absolute Gasteiger partial charge is 0.497 e. The molecule has 0 aliphatic heterocycles. The minimum absolute atomic E-state index is 0.0474. The Bertz CT molecular complexity index is 1530. The highest BCUT2D eigenvalue weighted by Crippen LogP contribution is 2.36. The number of fused-ring (bicyclic) bond motifs is 3. The number of sulfonamides is 1. The fraction of sp³-hybridized carbons (Fsp3) is 0.200. The van der Waals surface area contributed by atoms with E-state index in [1.54, 1.807) is 12.1 Å². The third kappa shape index (κ3) is 5.26. The second kappa shape index (κ2) is 10.3. The lowest BCUT2D eigenvalue weighted by Crippen LogP contribution is -2.40. The van der Waals surface area contributed by atoms with Gasteiger partial charge in [0.1, 0.15) is 28.7 Å². The van der Waals surface area contributed by atoms with E-state index in [2.05, 4.69) is 10.0 Å². The van der Waals surface area contributed by atoms with Crippen LogP contribution < -0.4 is 19.5 Å². The summed E-state index contributed by atoms with van der Waals surface area (Å²) >= 11 is 0. The topological polar surface area (TPSA) is 133 Å². The van der Waals surface area contributed by atoms with E-state index in [-0.39, 0.29) is 4.90 Å². The average molecular weight is 513 g/mol. The lowest BCUT2D eigenvalue weighted by molar-refractivity contribution is -0.148. The monoisotopic (exact) mass is 512 g/mol. The quantitative estimate of drug-likeness (QED) is 0.326. The predicted molar refractivity (Wildman–Crippen MR) is 133 cm³/mol. The Hall–Kier alpha value is -4.09. The smallest absolute Gasteiger partial charge is 0.324 e. The highest BCUT2D eigenvalue weighted by atomic mass is 32.2. The first kappa shape index (κ1) is 25.0. The minimum Gasteiger partial charge on any atom is -0.497 e. The molecule has 4 aromatic rings. The van der Waals surface area contributed by atoms with E-state index in [1.807, 2.05) is 24.3 Å². The van der Waals surface area contributed by atoms with Crippen molar-refractivity contribution in [2.24, 2.45) is 0 Å². The molecule has 10 nitrogen and oxygen atoms in total. The van der Waals surface area contributed by atoms with Gasteiger partial charge in [-0.3, -0.25) is 9.59 Å². The van der Waals surface area contributed by atoms with Crippen molar-refractivity contribution >= 4 is 49.5 Å². The molecule has 0 saturated carbocycles. The summed E-state index contributed by atoms with van der Waals surface area (Å²) in [5.41, 5.74) is 1.57. The van der Waals surface area contributed by atoms with Gasteiger partial charge in [0.05, 0.1) is 24.8 Å². The molecule has 1 heterocycles. The third-order valence-electron chi connectivity index (χ3n) is 5.37. The Morgan fingerprint density at radius 1 is 0.944 bits per heavy atom. The van der Waals surface area contributed by atoms with Gasteiger partial charge in [-0.1, -0.05) is 18.2 Å². The highest BCUT2D eigenvalue weighted by molar-refractivity contribution is 7.89. The van der Waals surface area contributed by atoms with Gasteiger partial charge in [0.25, 0.3) is 5.91 Å². The minimum atomic E-state index is -3.99. The fourth-order valence-corrected chi connectivity index (χ4v) is 4.76. The van der Waals surface area contributed by atoms with E-state index < -0.39 is 34.5 Å². The van der Waals surface area contributed by atoms with Crippen LogP contribution in [0.3, 0.4) is 0 Å². The molecule has 0 bridgehead atoms. The molecule has 3 aromatic carbocycles. The van der Waals surface area contributed by atoms with Crippen LogP contribution in [0.2, 0.25) is 0 Å². The lowest BCUT2D eigenvalue weighted by atomic mass is 10.1. The Morgan fingerprint density at radius 2 is 1.67 bits per heavy atom. The van der Waals surface area contributed by atoms with Crippen LogP contribution in [0.15, 0.2) is 70.0 Å². The van der Waals surface area contributed by atoms with Crippen LogP contribution in [0.25, 0.3) is 21.9 Å². The molecule has 1 unspecified atom stereocenters. The molecule has 1 aromatic heterocycles. The van der Waals surface area contributed by atoms with E-state index in [0.717, 1.165) is 10.8 Å². The number of nitrogens with one attached hydrogen (secondary N) is 2. The zero-order valence-electron chi connectivity index (χ0n) is 19.7. The Labute approximate surface area is 207 Å². The van der Waals surface area contributed by atoms with Crippen molar-refractivity contribution in [1.82, 2.24) is 4.72 Å². The lowest BCUT2D eigenvalue weighted by Gasteiger charge is -2.14. The van der Waals surface area contributed by atoms with Gasteiger partial charge in [-0.15, -0.1) is 0 Å². The summed E-state index contributed by atoms with van der Waals surface area (Å²) in [5.74, 6) is -0.665. The number of rotatable bonds is 9. The zero-order chi connectivity index (χ0) is 25.9. The Morgan fingerprint density at radius 3 is 2.36 bits per heavy atom. The molecule has 0 radical (unpaired) electrons. The maximum Gasteiger partial charge on any atom is 0.324 e. The van der Waals surface area contributed by atoms with Crippen LogP contribution in [0.4, 0.5) is 5.69 Å². The second-order valence-electron chi connectivity index (χ2n) is 7.82. The SMILES string of the molecule is COc1ccc(S(=O)(=O)NC(C)C(=O)OCC(=O)Nc2cc3oc4ccccc4c3cc2OC)cc1. The summed E-state index contributed by atoms with van der Waals surface area (Å²) in [4.78, 5) is 24.7. The summed E-state index contributed by atoms with van der Waals surface area (Å²) in [6, 6.07) is 15.3. The summed E-state index contributed by atoms with van der Waals surface area (Å²) < 4.78 is 48.5. The van der Waals surface area contributed by atoms with Crippen molar-refractivity contribution in [3.63, 3.8) is 0 Å². The van der Waals surface area contributed by atoms with E-state index in [0.29, 0.717) is 28.4 Å². The number of amides is 1. The summed E-state index contributed by atoms with van der Waals surface area (Å²) in [6.07, 6.45) is 0. The maximum absolute atomic E-state index is 12.5. The molecule has 1 amide bonds. The van der Waals surface area contributed by atoms with Gasteiger partial charge in [-0.25, -0.2) is 8.42 Å². The molecule has 36 heavy (non-hydrogen) atoms. The molecular formula is C25H24N2O8S. The summed E-state index contributed by atoms with van der Waals surface area (Å²) in [6.45, 7) is 0.689. The Kier molecular flexibility index (Phi) is 7.13. The van der Waals surface area contributed by atoms with Crippen LogP contribution in [-0.4, -0.2) is 47.2 Å². The molecule has 188 valence electrons. The fourth-order valence-electron chi connectivity index (χ4n) is 3.57. The van der Waals surface area contributed by atoms with Gasteiger partial charge in [-0.05, 0) is 43.3 Å². The number of ether oxygens (including phenoxy) is 3. The van der Waals surface area contributed by atoms with Crippen molar-refractivity contribution in [1.29, 1.82) is 0 Å². The van der Waals surface area contributed by atoms with Crippen LogP contribution in [0.1, 0.15) is 6.92 Å². The van der Waals surface area contributed by atoms with Crippen molar-refractivity contribution in [2.75, 3.05) is 26.1 Å². The van der Waals surface area contributed by atoms with Crippen molar-refractivity contribution in [3.05, 3.63) is 60.7 Å². The predicted octanol–water partition coefficient (Wildman–Crippen LogP) is 3.45. The van der Waals surface area contributed by atoms with Crippen LogP contribution in [-0.2, 0) is 24.3 Å². The van der Waals surface area contributed by atoms with Crippen molar-refractivity contribution < 1.29 is 36.6 Å². The first-order valence-electron chi connectivity index (χ1n) is 10.8. The van der Waals surface area contributed by atoms with E-state index in [4.69, 9.17) is 18.6 Å². The zero-order valence-corrected chi connectivity index (χ0v) is 20.5. The first-order chi connectivity index (χ1) is 17.2. The first-order valence-corrected chi connectivity index (χ1v) is 12.3. The summed E-state index contributed by atoms with van der Waals surface area (Å²) in [5, 5.41) is 4.36. The number of carbonyl (C=O) groups excluding carboxylic acids is 2. The van der Waals surface area contributed by atoms with Gasteiger partial charge in [0, 0.05) is 16.8 Å². The number of carbonyl (C=O) groups is 2. The van der Waals surface area contributed by atoms with Gasteiger partial charge < -0.3 is 23.9 Å². The van der Waals surface area contributed by atoms with Gasteiger partial charge in [0.15, 0.2) is 6.61 Å². The number of esters is 1. The molecule has 11 heteroatoms. The molecule has 1 atom stereocenters. The molecule has 0 saturated heterocycles. The average Bonchev–Trinajstić information content (AvgIpc) is 3.23. The third-order valence-corrected chi connectivity index (χ3v) is 6.93. The van der Waals surface area contributed by atoms with E-state index in [1.165, 1.54) is 45.4 Å². The maximum atomic E-state index is 12.5. The number of anilines is 1. The number of methoxy groups -OCH3 is 2. The van der Waals surface area contributed by atoms with Gasteiger partial charge in [-0.2, -0.15) is 4.72 Å². The number of furan rings is 1. The molecule has 0 aliphatic rings. The molecule has 0 spiro atoms. The van der Waals surface area contributed by atoms with Crippen LogP contribution in [0.5, 0.6) is 11.5 Å². The van der Waals surface area contributed by atoms with Gasteiger partial charge >= 0.3 is 5.97 Å². The molecule has 4 rings (SSSR count). The standard InChI is InChI=1S/C25H24N2O8S/c1-15(27-36(30,31)17-10-8-16(32-2)9-11-17)25(29)34-14-24(28)26-20-13-22-19(12-23(20)33-3)18-6-4-5-7-21(18)35-22/h4-13,15,27H,14H2,1-3H3,(H,26,28). The molecular weight excluding hydrogens is 488 g/mol. The Balaban J connectivity index is 1.38. The molecule has 2 N–H and O–H groups in total. The number of hydrogen-bond donors (Lipinski definition) is 2. The normalized spacial score (nSPS) is 12.3. The highest BCUT2D eigenvalue weighted by Gasteiger charge is 2.24. The number of para-hydroxylation sites is 1.